The van der Waals surface area contributed by atoms with Crippen molar-refractivity contribution in [2.75, 3.05) is 12.4 Å². The first kappa shape index (κ1) is 15.6. The second kappa shape index (κ2) is 7.24. The molecule has 104 valence electrons. The highest BCUT2D eigenvalue weighted by Crippen LogP contribution is 2.23. The van der Waals surface area contributed by atoms with E-state index in [9.17, 15) is 4.79 Å². The molecule has 0 aliphatic heterocycles. The van der Waals surface area contributed by atoms with Gasteiger partial charge in [0.25, 0.3) is 0 Å². The number of carbonyl (C=O) groups is 1. The van der Waals surface area contributed by atoms with E-state index in [1.165, 1.54) is 0 Å². The van der Waals surface area contributed by atoms with Gasteiger partial charge in [-0.15, -0.1) is 0 Å². The van der Waals surface area contributed by atoms with Crippen LogP contribution in [0.2, 0.25) is 0 Å². The van der Waals surface area contributed by atoms with Gasteiger partial charge in [0.05, 0.1) is 6.61 Å². The largest absolute Gasteiger partial charge is 0.493 e. The number of carboxylic acid groups (broad SMARTS) is 1. The summed E-state index contributed by atoms with van der Waals surface area (Å²) in [5.74, 6) is 0.744. The van der Waals surface area contributed by atoms with Crippen LogP contribution in [0.4, 0.5) is 0 Å². The summed E-state index contributed by atoms with van der Waals surface area (Å²) in [5.41, 5.74) is 0.823. The molecule has 0 saturated heterocycles. The van der Waals surface area contributed by atoms with Crippen molar-refractivity contribution in [1.29, 1.82) is 0 Å². The molecule has 0 aromatic heterocycles. The van der Waals surface area contributed by atoms with Crippen LogP contribution in [0.5, 0.6) is 5.75 Å². The number of benzene rings is 1. The third-order valence-electron chi connectivity index (χ3n) is 2.16. The lowest BCUT2D eigenvalue weighted by atomic mass is 10.2. The molecule has 0 saturated carbocycles. The predicted molar refractivity (Wildman–Crippen MR) is 80.8 cm³/mol. The lowest BCUT2D eigenvalue weighted by Crippen LogP contribution is -2.11. The SMILES string of the molecule is CC(C)(C)SCCOc1cccc(C=CC(=O)O)c1. The van der Waals surface area contributed by atoms with E-state index in [1.54, 1.807) is 6.08 Å². The molecule has 19 heavy (non-hydrogen) atoms. The van der Waals surface area contributed by atoms with Crippen molar-refractivity contribution in [2.24, 2.45) is 0 Å². The molecule has 0 unspecified atom stereocenters. The zero-order valence-electron chi connectivity index (χ0n) is 11.6. The van der Waals surface area contributed by atoms with E-state index in [0.29, 0.717) is 6.61 Å². The van der Waals surface area contributed by atoms with Crippen molar-refractivity contribution < 1.29 is 14.6 Å². The highest BCUT2D eigenvalue weighted by molar-refractivity contribution is 8.00. The highest BCUT2D eigenvalue weighted by Gasteiger charge is 2.09. The van der Waals surface area contributed by atoms with Gasteiger partial charge < -0.3 is 9.84 Å². The Hall–Kier alpha value is -1.42. The van der Waals surface area contributed by atoms with Gasteiger partial charge >= 0.3 is 5.97 Å². The molecule has 0 radical (unpaired) electrons. The van der Waals surface area contributed by atoms with Gasteiger partial charge in [0.15, 0.2) is 0 Å². The molecule has 0 spiro atoms. The minimum Gasteiger partial charge on any atom is -0.493 e. The summed E-state index contributed by atoms with van der Waals surface area (Å²) in [6.07, 6.45) is 2.67. The van der Waals surface area contributed by atoms with Gasteiger partial charge in [-0.1, -0.05) is 32.9 Å². The molecule has 1 N–H and O–H groups in total. The Morgan fingerprint density at radius 3 is 2.79 bits per heavy atom. The Labute approximate surface area is 118 Å². The maximum Gasteiger partial charge on any atom is 0.328 e. The number of ether oxygens (including phenoxy) is 1. The molecule has 0 bridgehead atoms. The number of hydrogen-bond donors (Lipinski definition) is 1. The lowest BCUT2D eigenvalue weighted by molar-refractivity contribution is -0.131. The number of rotatable bonds is 6. The van der Waals surface area contributed by atoms with Crippen LogP contribution in [0.1, 0.15) is 26.3 Å². The van der Waals surface area contributed by atoms with E-state index in [2.05, 4.69) is 20.8 Å². The number of thioether (sulfide) groups is 1. The third-order valence-corrected chi connectivity index (χ3v) is 3.40. The second-order valence-corrected chi connectivity index (χ2v) is 6.98. The molecule has 1 aromatic carbocycles. The summed E-state index contributed by atoms with van der Waals surface area (Å²) in [6.45, 7) is 7.17. The standard InChI is InChI=1S/C15H20O3S/c1-15(2,3)19-10-9-18-13-6-4-5-12(11-13)7-8-14(16)17/h4-8,11H,9-10H2,1-3H3,(H,16,17). The third kappa shape index (κ3) is 7.57. The van der Waals surface area contributed by atoms with E-state index in [1.807, 2.05) is 36.0 Å². The van der Waals surface area contributed by atoms with Gasteiger partial charge in [-0.3, -0.25) is 0 Å². The molecular formula is C15H20O3S. The van der Waals surface area contributed by atoms with Gasteiger partial charge in [-0.2, -0.15) is 11.8 Å². The van der Waals surface area contributed by atoms with Crippen LogP contribution in [-0.4, -0.2) is 28.2 Å². The van der Waals surface area contributed by atoms with E-state index in [0.717, 1.165) is 23.1 Å². The van der Waals surface area contributed by atoms with Gasteiger partial charge in [-0.25, -0.2) is 4.79 Å². The summed E-state index contributed by atoms with van der Waals surface area (Å²) in [5, 5.41) is 8.57. The highest BCUT2D eigenvalue weighted by atomic mass is 32.2. The van der Waals surface area contributed by atoms with E-state index >= 15 is 0 Å². The van der Waals surface area contributed by atoms with Crippen LogP contribution in [-0.2, 0) is 4.79 Å². The van der Waals surface area contributed by atoms with Crippen LogP contribution in [0.25, 0.3) is 6.08 Å². The maximum absolute atomic E-state index is 10.4. The quantitative estimate of drug-likeness (QED) is 0.637. The van der Waals surface area contributed by atoms with Crippen LogP contribution in [0, 0.1) is 0 Å². The monoisotopic (exact) mass is 280 g/mol. The van der Waals surface area contributed by atoms with Gasteiger partial charge in [0, 0.05) is 16.6 Å². The van der Waals surface area contributed by atoms with Crippen LogP contribution >= 0.6 is 11.8 Å². The second-order valence-electron chi connectivity index (χ2n) is 5.05. The van der Waals surface area contributed by atoms with Gasteiger partial charge in [0.1, 0.15) is 5.75 Å². The van der Waals surface area contributed by atoms with Crippen molar-refractivity contribution in [3.63, 3.8) is 0 Å². The minimum atomic E-state index is -0.951. The van der Waals surface area contributed by atoms with Gasteiger partial charge in [-0.05, 0) is 23.8 Å². The van der Waals surface area contributed by atoms with Crippen LogP contribution in [0.3, 0.4) is 0 Å². The average Bonchev–Trinajstić information content (AvgIpc) is 2.32. The Morgan fingerprint density at radius 1 is 1.42 bits per heavy atom. The molecule has 0 heterocycles. The van der Waals surface area contributed by atoms with Crippen molar-refractivity contribution in [1.82, 2.24) is 0 Å². The molecule has 1 aromatic rings. The molecule has 1 rings (SSSR count). The number of carboxylic acids is 1. The van der Waals surface area contributed by atoms with E-state index in [-0.39, 0.29) is 4.75 Å². The molecule has 0 aliphatic rings. The summed E-state index contributed by atoms with van der Waals surface area (Å²) in [7, 11) is 0. The smallest absolute Gasteiger partial charge is 0.328 e. The molecule has 0 amide bonds. The first-order valence-electron chi connectivity index (χ1n) is 6.15. The Bertz CT molecular complexity index is 447. The fourth-order valence-electron chi connectivity index (χ4n) is 1.38. The number of aliphatic carboxylic acids is 1. The molecule has 3 nitrogen and oxygen atoms in total. The summed E-state index contributed by atoms with van der Waals surface area (Å²) in [4.78, 5) is 10.4. The Morgan fingerprint density at radius 2 is 2.16 bits per heavy atom. The van der Waals surface area contributed by atoms with E-state index in [4.69, 9.17) is 9.84 Å². The fourth-order valence-corrected chi connectivity index (χ4v) is 2.16. The van der Waals surface area contributed by atoms with Crippen molar-refractivity contribution in [2.45, 2.75) is 25.5 Å². The Kier molecular flexibility index (Phi) is 5.96. The molecular weight excluding hydrogens is 260 g/mol. The van der Waals surface area contributed by atoms with Crippen molar-refractivity contribution in [3.05, 3.63) is 35.9 Å². The fraction of sp³-hybridized carbons (Fsp3) is 0.400. The molecule has 0 atom stereocenters. The van der Waals surface area contributed by atoms with Crippen molar-refractivity contribution >= 4 is 23.8 Å². The summed E-state index contributed by atoms with van der Waals surface area (Å²) in [6, 6.07) is 7.41. The van der Waals surface area contributed by atoms with Crippen LogP contribution in [0.15, 0.2) is 30.3 Å². The Balaban J connectivity index is 2.46. The first-order valence-corrected chi connectivity index (χ1v) is 7.13. The van der Waals surface area contributed by atoms with E-state index < -0.39 is 5.97 Å². The molecule has 4 heteroatoms. The topological polar surface area (TPSA) is 46.5 Å². The minimum absolute atomic E-state index is 0.245. The average molecular weight is 280 g/mol. The summed E-state index contributed by atoms with van der Waals surface area (Å²) >= 11 is 1.85. The molecule has 0 fully saturated rings. The first-order chi connectivity index (χ1) is 8.87. The normalized spacial score (nSPS) is 11.7. The maximum atomic E-state index is 10.4. The zero-order chi connectivity index (χ0) is 14.3. The number of hydrogen-bond acceptors (Lipinski definition) is 3. The summed E-state index contributed by atoms with van der Waals surface area (Å²) < 4.78 is 5.89. The van der Waals surface area contributed by atoms with Crippen molar-refractivity contribution in [3.8, 4) is 5.75 Å². The lowest BCUT2D eigenvalue weighted by Gasteiger charge is -2.17. The van der Waals surface area contributed by atoms with Crippen LogP contribution < -0.4 is 4.74 Å². The molecule has 0 aliphatic carbocycles. The van der Waals surface area contributed by atoms with Gasteiger partial charge in [0.2, 0.25) is 0 Å². The predicted octanol–water partition coefficient (Wildman–Crippen LogP) is 3.69. The zero-order valence-corrected chi connectivity index (χ0v) is 12.4.